The molecule has 34 heavy (non-hydrogen) atoms. The van der Waals surface area contributed by atoms with Gasteiger partial charge in [0.2, 0.25) is 11.8 Å². The van der Waals surface area contributed by atoms with Crippen LogP contribution in [0.15, 0.2) is 30.3 Å². The van der Waals surface area contributed by atoms with Crippen molar-refractivity contribution in [2.75, 3.05) is 13.1 Å². The molecule has 0 radical (unpaired) electrons. The molecule has 4 atom stereocenters. The van der Waals surface area contributed by atoms with Gasteiger partial charge in [-0.1, -0.05) is 30.3 Å². The van der Waals surface area contributed by atoms with Gasteiger partial charge >= 0.3 is 23.8 Å². The summed E-state index contributed by atoms with van der Waals surface area (Å²) in [6, 6.07) is 4.05. The maximum atomic E-state index is 13.2. The Morgan fingerprint density at radius 1 is 1.18 bits per heavy atom. The van der Waals surface area contributed by atoms with Crippen molar-refractivity contribution in [2.24, 2.45) is 0 Å². The highest BCUT2D eigenvalue weighted by Crippen LogP contribution is 2.50. The van der Waals surface area contributed by atoms with E-state index in [0.29, 0.717) is 10.5 Å². The minimum Gasteiger partial charge on any atom is -0.480 e. The molecule has 4 rings (SSSR count). The van der Waals surface area contributed by atoms with Gasteiger partial charge in [-0.05, 0) is 19.4 Å². The van der Waals surface area contributed by atoms with Crippen LogP contribution in [0.4, 0.5) is 4.79 Å². The van der Waals surface area contributed by atoms with Gasteiger partial charge < -0.3 is 26.0 Å². The molecule has 3 aliphatic rings. The molecule has 3 heterocycles. The van der Waals surface area contributed by atoms with Gasteiger partial charge in [0.15, 0.2) is 0 Å². The molecule has 13 heteroatoms. The fourth-order valence-corrected chi connectivity index (χ4v) is 5.93. The summed E-state index contributed by atoms with van der Waals surface area (Å²) in [5.41, 5.74) is 0.397. The molecule has 0 spiro atoms. The molecule has 1 aromatic rings. The van der Waals surface area contributed by atoms with Crippen molar-refractivity contribution in [3.05, 3.63) is 35.9 Å². The Morgan fingerprint density at radius 2 is 1.85 bits per heavy atom. The van der Waals surface area contributed by atoms with Gasteiger partial charge in [0.05, 0.1) is 0 Å². The first-order valence-corrected chi connectivity index (χ1v) is 11.4. The lowest BCUT2D eigenvalue weighted by atomic mass is 9.95. The van der Waals surface area contributed by atoms with Crippen LogP contribution in [-0.4, -0.2) is 85.8 Å². The number of β-lactam (4-membered cyclic amide) rings is 1. The fourth-order valence-electron chi connectivity index (χ4n) is 4.30. The first-order chi connectivity index (χ1) is 16.0. The third kappa shape index (κ3) is 3.95. The fraction of sp³-hybridized carbons (Fsp3) is 0.429. The number of carbonyl (C=O) groups excluding carboxylic acids is 5. The Labute approximate surface area is 198 Å². The summed E-state index contributed by atoms with van der Waals surface area (Å²) in [7, 11) is 0. The number of carbonyl (C=O) groups is 6. The third-order valence-corrected chi connectivity index (χ3v) is 7.51. The van der Waals surface area contributed by atoms with Crippen molar-refractivity contribution in [1.82, 2.24) is 25.8 Å². The number of hydrogen-bond acceptors (Lipinski definition) is 7. The van der Waals surface area contributed by atoms with Crippen molar-refractivity contribution < 1.29 is 33.9 Å². The molecule has 0 bridgehead atoms. The van der Waals surface area contributed by atoms with E-state index in [0.717, 1.165) is 0 Å². The number of fused-ring (bicyclic) bond motifs is 1. The lowest BCUT2D eigenvalue weighted by Crippen LogP contribution is -2.71. The summed E-state index contributed by atoms with van der Waals surface area (Å²) in [6.07, 6.45) is 0. The number of nitrogens with one attached hydrogen (secondary N) is 3. The summed E-state index contributed by atoms with van der Waals surface area (Å²) in [5.74, 6) is -4.31. The number of rotatable bonds is 5. The Kier molecular flexibility index (Phi) is 5.98. The summed E-state index contributed by atoms with van der Waals surface area (Å²) in [5, 5.41) is 16.4. The number of imide groups is 1. The first kappa shape index (κ1) is 23.5. The normalized spacial score (nSPS) is 26.2. The molecule has 6 amide bonds. The molecule has 3 fully saturated rings. The standard InChI is InChI=1S/C21H23N5O7S/c1-21(2)13(19(31)32)26-16(29)12(18(26)34-21)23-14(27)11(10-6-4-3-5-7-10)24-20(33)25-9-8-22-15(28)17(25)30/h3-7,11-13,18H,8-9H2,1-2H3,(H,22,28)(H,23,27)(H,24,33)(H,31,32)/t11?,12-,13+,18-/m1/s1. The van der Waals surface area contributed by atoms with Gasteiger partial charge in [0.25, 0.3) is 0 Å². The van der Waals surface area contributed by atoms with Crippen LogP contribution in [0, 0.1) is 0 Å². The topological polar surface area (TPSA) is 165 Å². The van der Waals surface area contributed by atoms with Gasteiger partial charge in [-0.25, -0.2) is 9.59 Å². The van der Waals surface area contributed by atoms with E-state index >= 15 is 0 Å². The molecule has 1 unspecified atom stereocenters. The summed E-state index contributed by atoms with van der Waals surface area (Å²) >= 11 is 1.28. The highest BCUT2D eigenvalue weighted by atomic mass is 32.2. The molecule has 12 nitrogen and oxygen atoms in total. The van der Waals surface area contributed by atoms with Crippen molar-refractivity contribution in [3.8, 4) is 0 Å². The first-order valence-electron chi connectivity index (χ1n) is 10.5. The van der Waals surface area contributed by atoms with Gasteiger partial charge in [0.1, 0.15) is 23.5 Å². The largest absolute Gasteiger partial charge is 0.480 e. The molecular weight excluding hydrogens is 466 g/mol. The van der Waals surface area contributed by atoms with Gasteiger partial charge in [-0.2, -0.15) is 0 Å². The third-order valence-electron chi connectivity index (χ3n) is 5.94. The Hall–Kier alpha value is -3.61. The molecule has 4 N–H and O–H groups in total. The number of amides is 6. The van der Waals surface area contributed by atoms with Gasteiger partial charge in [-0.3, -0.25) is 24.1 Å². The monoisotopic (exact) mass is 489 g/mol. The SMILES string of the molecule is CC1(C)S[C@@H]2[C@H](NC(=O)C(NC(=O)N3CCNC(=O)C3=O)c3ccccc3)C(=O)N2[C@H]1C(=O)O. The number of aliphatic carboxylic acids is 1. The smallest absolute Gasteiger partial charge is 0.327 e. The molecule has 1 aromatic carbocycles. The molecule has 180 valence electrons. The van der Waals surface area contributed by atoms with E-state index < -0.39 is 63.9 Å². The predicted molar refractivity (Wildman–Crippen MR) is 118 cm³/mol. The average molecular weight is 490 g/mol. The maximum Gasteiger partial charge on any atom is 0.327 e. The van der Waals surface area contributed by atoms with E-state index in [2.05, 4.69) is 16.0 Å². The summed E-state index contributed by atoms with van der Waals surface area (Å²) < 4.78 is -0.756. The predicted octanol–water partition coefficient (Wildman–Crippen LogP) is -0.973. The van der Waals surface area contributed by atoms with Gasteiger partial charge in [0, 0.05) is 17.8 Å². The van der Waals surface area contributed by atoms with Crippen molar-refractivity contribution in [1.29, 1.82) is 0 Å². The maximum absolute atomic E-state index is 13.2. The second-order valence-corrected chi connectivity index (χ2v) is 10.4. The lowest BCUT2D eigenvalue weighted by Gasteiger charge is -2.44. The van der Waals surface area contributed by atoms with Crippen LogP contribution in [0.5, 0.6) is 0 Å². The highest BCUT2D eigenvalue weighted by molar-refractivity contribution is 8.01. The van der Waals surface area contributed by atoms with Crippen molar-refractivity contribution >= 4 is 47.4 Å². The summed E-state index contributed by atoms with van der Waals surface area (Å²) in [6.45, 7) is 3.48. The number of carboxylic acid groups (broad SMARTS) is 1. The minimum absolute atomic E-state index is 0.0556. The number of hydrogen-bond donors (Lipinski definition) is 4. The molecule has 3 aliphatic heterocycles. The number of nitrogens with zero attached hydrogens (tertiary/aromatic N) is 2. The van der Waals surface area contributed by atoms with Crippen LogP contribution < -0.4 is 16.0 Å². The van der Waals surface area contributed by atoms with Crippen LogP contribution in [0.25, 0.3) is 0 Å². The van der Waals surface area contributed by atoms with Crippen LogP contribution in [0.1, 0.15) is 25.5 Å². The van der Waals surface area contributed by atoms with Gasteiger partial charge in [-0.15, -0.1) is 11.8 Å². The molecular formula is C21H23N5O7S. The Morgan fingerprint density at radius 3 is 2.50 bits per heavy atom. The van der Waals surface area contributed by atoms with Crippen LogP contribution in [0.3, 0.4) is 0 Å². The summed E-state index contributed by atoms with van der Waals surface area (Å²) in [4.78, 5) is 76.0. The zero-order valence-electron chi connectivity index (χ0n) is 18.3. The van der Waals surface area contributed by atoms with E-state index in [1.807, 2.05) is 0 Å². The van der Waals surface area contributed by atoms with E-state index in [-0.39, 0.29) is 13.1 Å². The molecule has 0 aliphatic carbocycles. The van der Waals surface area contributed by atoms with E-state index in [1.165, 1.54) is 16.7 Å². The quantitative estimate of drug-likeness (QED) is 0.303. The number of thioether (sulfide) groups is 1. The molecule has 0 aromatic heterocycles. The number of piperazine rings is 1. The van der Waals surface area contributed by atoms with Crippen LogP contribution in [-0.2, 0) is 24.0 Å². The van der Waals surface area contributed by atoms with E-state index in [9.17, 15) is 33.9 Å². The van der Waals surface area contributed by atoms with Crippen molar-refractivity contribution in [2.45, 2.75) is 42.1 Å². The number of benzene rings is 1. The second-order valence-electron chi connectivity index (χ2n) is 8.59. The zero-order chi connectivity index (χ0) is 24.8. The van der Waals surface area contributed by atoms with Crippen LogP contribution >= 0.6 is 11.8 Å². The molecule has 3 saturated heterocycles. The second kappa shape index (κ2) is 8.63. The minimum atomic E-state index is -1.26. The Bertz CT molecular complexity index is 1080. The van der Waals surface area contributed by atoms with E-state index in [4.69, 9.17) is 0 Å². The highest BCUT2D eigenvalue weighted by Gasteiger charge is 2.64. The lowest BCUT2D eigenvalue weighted by molar-refractivity contribution is -0.161. The number of carboxylic acids is 1. The van der Waals surface area contributed by atoms with Crippen LogP contribution in [0.2, 0.25) is 0 Å². The van der Waals surface area contributed by atoms with Crippen molar-refractivity contribution in [3.63, 3.8) is 0 Å². The average Bonchev–Trinajstić information content (AvgIpc) is 3.05. The zero-order valence-corrected chi connectivity index (χ0v) is 19.1. The van der Waals surface area contributed by atoms with E-state index in [1.54, 1.807) is 44.2 Å². The molecule has 0 saturated carbocycles. The Balaban J connectivity index is 1.52. The number of urea groups is 1.